The number of carbonyl (C=O) groups excluding carboxylic acids is 2. The van der Waals surface area contributed by atoms with E-state index in [2.05, 4.69) is 10.6 Å². The Balaban J connectivity index is 1.61. The molecule has 0 atom stereocenters. The number of carbonyl (C=O) groups is 2. The molecule has 2 N–H and O–H groups in total. The van der Waals surface area contributed by atoms with Crippen LogP contribution in [0, 0.1) is 13.8 Å². The van der Waals surface area contributed by atoms with Gasteiger partial charge in [-0.3, -0.25) is 9.59 Å². The minimum atomic E-state index is -0.374. The molecule has 1 heterocycles. The second-order valence-corrected chi connectivity index (χ2v) is 6.89. The molecule has 0 saturated carbocycles. The van der Waals surface area contributed by atoms with Crippen LogP contribution in [0.15, 0.2) is 59.2 Å². The van der Waals surface area contributed by atoms with E-state index in [0.717, 1.165) is 11.1 Å². The first-order valence-corrected chi connectivity index (χ1v) is 9.41. The van der Waals surface area contributed by atoms with Crippen LogP contribution in [-0.2, 0) is 11.3 Å². The van der Waals surface area contributed by atoms with Crippen molar-refractivity contribution in [2.24, 2.45) is 0 Å². The largest absolute Gasteiger partial charge is 0.484 e. The minimum absolute atomic E-state index is 0.192. The van der Waals surface area contributed by atoms with Gasteiger partial charge in [-0.15, -0.1) is 0 Å². The highest BCUT2D eigenvalue weighted by Crippen LogP contribution is 2.26. The fourth-order valence-electron chi connectivity index (χ4n) is 2.79. The second kappa shape index (κ2) is 9.30. The van der Waals surface area contributed by atoms with Gasteiger partial charge < -0.3 is 19.8 Å². The molecular formula is C22H21ClN2O4. The summed E-state index contributed by atoms with van der Waals surface area (Å²) in [6.07, 6.45) is 1.54. The van der Waals surface area contributed by atoms with Gasteiger partial charge >= 0.3 is 0 Å². The number of amides is 2. The molecule has 0 spiro atoms. The number of aryl methyl sites for hydroxylation is 2. The van der Waals surface area contributed by atoms with E-state index in [-0.39, 0.29) is 25.0 Å². The SMILES string of the molecule is Cc1cc(OCC(=O)Nc2ccccc2C(=O)NCc2ccco2)cc(C)c1Cl. The van der Waals surface area contributed by atoms with Crippen molar-refractivity contribution in [3.05, 3.63) is 82.3 Å². The Morgan fingerprint density at radius 3 is 2.48 bits per heavy atom. The highest BCUT2D eigenvalue weighted by molar-refractivity contribution is 6.32. The van der Waals surface area contributed by atoms with Crippen LogP contribution in [0.3, 0.4) is 0 Å². The van der Waals surface area contributed by atoms with Gasteiger partial charge in [-0.2, -0.15) is 0 Å². The first-order valence-electron chi connectivity index (χ1n) is 9.03. The van der Waals surface area contributed by atoms with E-state index in [0.29, 0.717) is 27.8 Å². The van der Waals surface area contributed by atoms with Gasteiger partial charge in [0.15, 0.2) is 6.61 Å². The van der Waals surface area contributed by atoms with Gasteiger partial charge in [0.25, 0.3) is 11.8 Å². The van der Waals surface area contributed by atoms with Gasteiger partial charge in [0, 0.05) is 5.02 Å². The molecule has 2 aromatic carbocycles. The van der Waals surface area contributed by atoms with Crippen molar-refractivity contribution in [1.29, 1.82) is 0 Å². The van der Waals surface area contributed by atoms with Crippen LogP contribution >= 0.6 is 11.6 Å². The van der Waals surface area contributed by atoms with Crippen molar-refractivity contribution in [2.45, 2.75) is 20.4 Å². The highest BCUT2D eigenvalue weighted by atomic mass is 35.5. The Kier molecular flexibility index (Phi) is 6.57. The van der Waals surface area contributed by atoms with Crippen LogP contribution in [0.4, 0.5) is 5.69 Å². The summed E-state index contributed by atoms with van der Waals surface area (Å²) in [7, 11) is 0. The standard InChI is InChI=1S/C22H21ClN2O4/c1-14-10-17(11-15(2)21(14)23)29-13-20(26)25-19-8-4-3-7-18(19)22(27)24-12-16-6-5-9-28-16/h3-11H,12-13H2,1-2H3,(H,24,27)(H,25,26). The van der Waals surface area contributed by atoms with E-state index in [1.807, 2.05) is 13.8 Å². The Labute approximate surface area is 173 Å². The molecule has 7 heteroatoms. The number of para-hydroxylation sites is 1. The molecule has 0 radical (unpaired) electrons. The zero-order valence-electron chi connectivity index (χ0n) is 16.1. The third-order valence-corrected chi connectivity index (χ3v) is 4.83. The Bertz CT molecular complexity index is 992. The van der Waals surface area contributed by atoms with E-state index in [1.54, 1.807) is 54.8 Å². The summed E-state index contributed by atoms with van der Waals surface area (Å²) in [6, 6.07) is 13.8. The number of anilines is 1. The number of benzene rings is 2. The monoisotopic (exact) mass is 412 g/mol. The Morgan fingerprint density at radius 1 is 1.07 bits per heavy atom. The maximum Gasteiger partial charge on any atom is 0.262 e. The lowest BCUT2D eigenvalue weighted by molar-refractivity contribution is -0.118. The molecule has 0 fully saturated rings. The first-order chi connectivity index (χ1) is 13.9. The molecule has 3 rings (SSSR count). The summed E-state index contributed by atoms with van der Waals surface area (Å²) in [5, 5.41) is 6.16. The predicted octanol–water partition coefficient (Wildman–Crippen LogP) is 4.50. The molecule has 0 bridgehead atoms. The molecular weight excluding hydrogens is 392 g/mol. The quantitative estimate of drug-likeness (QED) is 0.598. The van der Waals surface area contributed by atoms with Crippen LogP contribution in [-0.4, -0.2) is 18.4 Å². The number of halogens is 1. The smallest absolute Gasteiger partial charge is 0.262 e. The second-order valence-electron chi connectivity index (χ2n) is 6.52. The van der Waals surface area contributed by atoms with Crippen LogP contribution in [0.2, 0.25) is 5.02 Å². The van der Waals surface area contributed by atoms with E-state index in [1.165, 1.54) is 0 Å². The molecule has 3 aromatic rings. The molecule has 0 aliphatic heterocycles. The highest BCUT2D eigenvalue weighted by Gasteiger charge is 2.14. The Morgan fingerprint density at radius 2 is 1.79 bits per heavy atom. The number of rotatable bonds is 7. The van der Waals surface area contributed by atoms with Crippen molar-refractivity contribution in [3.63, 3.8) is 0 Å². The normalized spacial score (nSPS) is 10.4. The molecule has 0 aliphatic rings. The fourth-order valence-corrected chi connectivity index (χ4v) is 2.90. The summed E-state index contributed by atoms with van der Waals surface area (Å²) in [4.78, 5) is 24.8. The van der Waals surface area contributed by atoms with Crippen molar-refractivity contribution in [1.82, 2.24) is 5.32 Å². The molecule has 1 aromatic heterocycles. The van der Waals surface area contributed by atoms with Crippen LogP contribution in [0.1, 0.15) is 27.2 Å². The average Bonchev–Trinajstić information content (AvgIpc) is 3.22. The number of hydrogen-bond acceptors (Lipinski definition) is 4. The van der Waals surface area contributed by atoms with Crippen LogP contribution in [0.25, 0.3) is 0 Å². The summed E-state index contributed by atoms with van der Waals surface area (Å²) >= 11 is 6.15. The van der Waals surface area contributed by atoms with Gasteiger partial charge in [-0.25, -0.2) is 0 Å². The van der Waals surface area contributed by atoms with Gasteiger partial charge in [0.2, 0.25) is 0 Å². The molecule has 0 aliphatic carbocycles. The third kappa shape index (κ3) is 5.39. The van der Waals surface area contributed by atoms with Crippen molar-refractivity contribution < 1.29 is 18.7 Å². The van der Waals surface area contributed by atoms with Crippen LogP contribution < -0.4 is 15.4 Å². The number of furan rings is 1. The van der Waals surface area contributed by atoms with Crippen molar-refractivity contribution >= 4 is 29.1 Å². The van der Waals surface area contributed by atoms with E-state index in [4.69, 9.17) is 20.8 Å². The third-order valence-electron chi connectivity index (χ3n) is 4.23. The minimum Gasteiger partial charge on any atom is -0.484 e. The average molecular weight is 413 g/mol. The number of nitrogens with one attached hydrogen (secondary N) is 2. The van der Waals surface area contributed by atoms with Crippen molar-refractivity contribution in [3.8, 4) is 5.75 Å². The zero-order chi connectivity index (χ0) is 20.8. The topological polar surface area (TPSA) is 80.6 Å². The van der Waals surface area contributed by atoms with E-state index >= 15 is 0 Å². The van der Waals surface area contributed by atoms with Gasteiger partial charge in [0.05, 0.1) is 24.1 Å². The first kappa shape index (κ1) is 20.5. The maximum absolute atomic E-state index is 12.5. The summed E-state index contributed by atoms with van der Waals surface area (Å²) in [5.41, 5.74) is 2.51. The molecule has 0 saturated heterocycles. The lowest BCUT2D eigenvalue weighted by Crippen LogP contribution is -2.26. The van der Waals surface area contributed by atoms with Gasteiger partial charge in [-0.1, -0.05) is 23.7 Å². The molecule has 6 nitrogen and oxygen atoms in total. The molecule has 29 heavy (non-hydrogen) atoms. The number of ether oxygens (including phenoxy) is 1. The maximum atomic E-state index is 12.5. The van der Waals surface area contributed by atoms with Gasteiger partial charge in [-0.05, 0) is 61.4 Å². The Hall–Kier alpha value is -3.25. The van der Waals surface area contributed by atoms with Crippen molar-refractivity contribution in [2.75, 3.05) is 11.9 Å². The fraction of sp³-hybridized carbons (Fsp3) is 0.182. The van der Waals surface area contributed by atoms with E-state index < -0.39 is 0 Å². The molecule has 150 valence electrons. The number of hydrogen-bond donors (Lipinski definition) is 2. The predicted molar refractivity (Wildman–Crippen MR) is 111 cm³/mol. The summed E-state index contributed by atoms with van der Waals surface area (Å²) < 4.78 is 10.8. The van der Waals surface area contributed by atoms with Gasteiger partial charge in [0.1, 0.15) is 11.5 Å². The summed E-state index contributed by atoms with van der Waals surface area (Å²) in [5.74, 6) is 0.509. The zero-order valence-corrected chi connectivity index (χ0v) is 16.9. The lowest BCUT2D eigenvalue weighted by atomic mass is 10.1. The van der Waals surface area contributed by atoms with Crippen LogP contribution in [0.5, 0.6) is 5.75 Å². The van der Waals surface area contributed by atoms with E-state index in [9.17, 15) is 9.59 Å². The molecule has 2 amide bonds. The summed E-state index contributed by atoms with van der Waals surface area (Å²) in [6.45, 7) is 3.81. The molecule has 0 unspecified atom stereocenters. The lowest BCUT2D eigenvalue weighted by Gasteiger charge is -2.12.